The summed E-state index contributed by atoms with van der Waals surface area (Å²) in [4.78, 5) is 29.2. The number of pyridine rings is 3. The molecule has 188 valence electrons. The lowest BCUT2D eigenvalue weighted by Crippen LogP contribution is -2.27. The van der Waals surface area contributed by atoms with Crippen molar-refractivity contribution in [1.29, 1.82) is 0 Å². The third-order valence-electron chi connectivity index (χ3n) is 6.35. The lowest BCUT2D eigenvalue weighted by atomic mass is 9.95. The Kier molecular flexibility index (Phi) is 5.48. The highest BCUT2D eigenvalue weighted by atomic mass is 19.1. The van der Waals surface area contributed by atoms with E-state index in [0.29, 0.717) is 28.3 Å². The molecule has 5 aromatic heterocycles. The molecule has 0 bridgehead atoms. The van der Waals surface area contributed by atoms with Gasteiger partial charge in [-0.3, -0.25) is 24.8 Å². The third kappa shape index (κ3) is 4.17. The number of hydrogen-bond donors (Lipinski definition) is 3. The van der Waals surface area contributed by atoms with Crippen molar-refractivity contribution in [2.24, 2.45) is 5.41 Å². The van der Waals surface area contributed by atoms with E-state index in [9.17, 15) is 9.18 Å². The Hall–Kier alpha value is -4.92. The number of nitrogens with zero attached hydrogens (tertiary/aromatic N) is 4. The molecule has 0 unspecified atom stereocenters. The molecule has 0 fully saturated rings. The molecule has 0 radical (unpaired) electrons. The maximum absolute atomic E-state index is 14.6. The summed E-state index contributed by atoms with van der Waals surface area (Å²) in [6.07, 6.45) is 6.70. The predicted molar refractivity (Wildman–Crippen MR) is 146 cm³/mol. The number of nitrogens with one attached hydrogen (secondary N) is 3. The van der Waals surface area contributed by atoms with Gasteiger partial charge in [-0.15, -0.1) is 0 Å². The fourth-order valence-corrected chi connectivity index (χ4v) is 4.30. The number of rotatable bonds is 4. The van der Waals surface area contributed by atoms with Crippen molar-refractivity contribution in [3.63, 3.8) is 0 Å². The average Bonchev–Trinajstić information content (AvgIpc) is 3.52. The lowest BCUT2D eigenvalue weighted by Gasteiger charge is -2.17. The van der Waals surface area contributed by atoms with Gasteiger partial charge in [-0.25, -0.2) is 4.39 Å². The van der Waals surface area contributed by atoms with Gasteiger partial charge in [0.15, 0.2) is 0 Å². The molecule has 6 aromatic rings. The number of anilines is 1. The van der Waals surface area contributed by atoms with Crippen molar-refractivity contribution in [2.45, 2.75) is 20.8 Å². The van der Waals surface area contributed by atoms with Crippen LogP contribution >= 0.6 is 0 Å². The van der Waals surface area contributed by atoms with Gasteiger partial charge in [-0.2, -0.15) is 5.10 Å². The van der Waals surface area contributed by atoms with Crippen molar-refractivity contribution in [3.05, 3.63) is 79.1 Å². The standard InChI is InChI=1S/C29H24FN7O/c1-29(2,3)28(38)34-17-10-16(13-31-14-17)23-11-20-25(15-33-23)36-37-27(20)24-12-19-22(35-24)8-9-32-26(19)18-6-4-5-7-21(18)30/h4-15,35H,1-3H3,(H,34,38)(H,36,37). The van der Waals surface area contributed by atoms with Crippen LogP contribution in [0.3, 0.4) is 0 Å². The molecule has 0 aliphatic carbocycles. The van der Waals surface area contributed by atoms with E-state index in [2.05, 4.69) is 35.5 Å². The minimum atomic E-state index is -0.528. The van der Waals surface area contributed by atoms with E-state index < -0.39 is 5.41 Å². The van der Waals surface area contributed by atoms with Crippen LogP contribution in [0.5, 0.6) is 0 Å². The van der Waals surface area contributed by atoms with Gasteiger partial charge in [0.05, 0.1) is 40.7 Å². The van der Waals surface area contributed by atoms with Crippen LogP contribution in [0.2, 0.25) is 0 Å². The second-order valence-electron chi connectivity index (χ2n) is 10.1. The predicted octanol–water partition coefficient (Wildman–Crippen LogP) is 6.35. The van der Waals surface area contributed by atoms with E-state index in [4.69, 9.17) is 0 Å². The minimum Gasteiger partial charge on any atom is -0.353 e. The summed E-state index contributed by atoms with van der Waals surface area (Å²) in [6, 6.07) is 14.2. The van der Waals surface area contributed by atoms with Gasteiger partial charge in [0.2, 0.25) is 5.91 Å². The first-order valence-electron chi connectivity index (χ1n) is 12.1. The molecule has 5 heterocycles. The fraction of sp³-hybridized carbons (Fsp3) is 0.138. The molecule has 9 heteroatoms. The van der Waals surface area contributed by atoms with Crippen LogP contribution in [0.25, 0.3) is 55.7 Å². The fourth-order valence-electron chi connectivity index (χ4n) is 4.30. The van der Waals surface area contributed by atoms with Crippen LogP contribution in [-0.2, 0) is 4.79 Å². The number of halogens is 1. The number of fused-ring (bicyclic) bond motifs is 2. The van der Waals surface area contributed by atoms with Crippen molar-refractivity contribution in [3.8, 4) is 33.9 Å². The molecule has 0 spiro atoms. The van der Waals surface area contributed by atoms with Crippen molar-refractivity contribution in [2.75, 3.05) is 5.32 Å². The van der Waals surface area contributed by atoms with E-state index in [1.807, 2.05) is 45.0 Å². The Morgan fingerprint density at radius 3 is 2.55 bits per heavy atom. The molecule has 1 amide bonds. The number of aromatic amines is 2. The number of benzene rings is 1. The van der Waals surface area contributed by atoms with Crippen LogP contribution in [0.15, 0.2) is 73.3 Å². The molecule has 0 saturated heterocycles. The summed E-state index contributed by atoms with van der Waals surface area (Å²) in [7, 11) is 0. The van der Waals surface area contributed by atoms with Crippen LogP contribution in [0, 0.1) is 11.2 Å². The van der Waals surface area contributed by atoms with Crippen molar-refractivity contribution >= 4 is 33.4 Å². The number of H-pyrrole nitrogens is 2. The number of aromatic nitrogens is 6. The van der Waals surface area contributed by atoms with Gasteiger partial charge in [0, 0.05) is 45.2 Å². The van der Waals surface area contributed by atoms with E-state index in [1.165, 1.54) is 6.07 Å². The van der Waals surface area contributed by atoms with Gasteiger partial charge in [-0.1, -0.05) is 32.9 Å². The molecular formula is C29H24FN7O. The maximum atomic E-state index is 14.6. The van der Waals surface area contributed by atoms with Gasteiger partial charge in [0.25, 0.3) is 0 Å². The Bertz CT molecular complexity index is 1830. The molecule has 6 rings (SSSR count). The third-order valence-corrected chi connectivity index (χ3v) is 6.35. The SMILES string of the molecule is CC(C)(C)C(=O)Nc1cncc(-c2cc3c(-c4cc5c(-c6ccccc6F)nccc5[nH]4)n[nH]c3cn2)c1. The molecule has 8 nitrogen and oxygen atoms in total. The molecule has 0 aliphatic heterocycles. The smallest absolute Gasteiger partial charge is 0.229 e. The first-order valence-corrected chi connectivity index (χ1v) is 12.1. The molecule has 1 aromatic carbocycles. The summed E-state index contributed by atoms with van der Waals surface area (Å²) in [5, 5.41) is 12.1. The Morgan fingerprint density at radius 1 is 0.921 bits per heavy atom. The summed E-state index contributed by atoms with van der Waals surface area (Å²) in [5.41, 5.74) is 5.56. The average molecular weight is 506 g/mol. The Labute approximate surface area is 217 Å². The van der Waals surface area contributed by atoms with Crippen LogP contribution in [0.1, 0.15) is 20.8 Å². The van der Waals surface area contributed by atoms with Crippen molar-refractivity contribution in [1.82, 2.24) is 30.1 Å². The number of carbonyl (C=O) groups is 1. The number of amides is 1. The topological polar surface area (TPSA) is 112 Å². The lowest BCUT2D eigenvalue weighted by molar-refractivity contribution is -0.123. The first-order chi connectivity index (χ1) is 18.3. The van der Waals surface area contributed by atoms with Gasteiger partial charge >= 0.3 is 0 Å². The van der Waals surface area contributed by atoms with E-state index >= 15 is 0 Å². The highest BCUT2D eigenvalue weighted by Gasteiger charge is 2.21. The van der Waals surface area contributed by atoms with Crippen LogP contribution in [0.4, 0.5) is 10.1 Å². The van der Waals surface area contributed by atoms with E-state index in [-0.39, 0.29) is 11.7 Å². The normalized spacial score (nSPS) is 11.8. The molecule has 38 heavy (non-hydrogen) atoms. The summed E-state index contributed by atoms with van der Waals surface area (Å²) < 4.78 is 14.6. The Balaban J connectivity index is 1.41. The molecule has 3 N–H and O–H groups in total. The second kappa shape index (κ2) is 8.88. The van der Waals surface area contributed by atoms with Gasteiger partial charge < -0.3 is 10.3 Å². The highest BCUT2D eigenvalue weighted by Crippen LogP contribution is 2.34. The van der Waals surface area contributed by atoms with Crippen molar-refractivity contribution < 1.29 is 9.18 Å². The quantitative estimate of drug-likeness (QED) is 0.258. The van der Waals surface area contributed by atoms with Crippen LogP contribution in [-0.4, -0.2) is 36.0 Å². The van der Waals surface area contributed by atoms with Gasteiger partial charge in [0.1, 0.15) is 11.5 Å². The Morgan fingerprint density at radius 2 is 1.74 bits per heavy atom. The summed E-state index contributed by atoms with van der Waals surface area (Å²) in [5.74, 6) is -0.425. The summed E-state index contributed by atoms with van der Waals surface area (Å²) >= 11 is 0. The summed E-state index contributed by atoms with van der Waals surface area (Å²) in [6.45, 7) is 5.57. The maximum Gasteiger partial charge on any atom is 0.229 e. The first kappa shape index (κ1) is 23.5. The number of carbonyl (C=O) groups excluding carboxylic acids is 1. The molecule has 0 atom stereocenters. The van der Waals surface area contributed by atoms with Gasteiger partial charge in [-0.05, 0) is 36.4 Å². The highest BCUT2D eigenvalue weighted by molar-refractivity contribution is 6.00. The minimum absolute atomic E-state index is 0.0972. The van der Waals surface area contributed by atoms with E-state index in [0.717, 1.165) is 33.1 Å². The monoisotopic (exact) mass is 505 g/mol. The molecule has 0 aliphatic rings. The zero-order valence-corrected chi connectivity index (χ0v) is 21.0. The molecule has 0 saturated carbocycles. The molecular weight excluding hydrogens is 481 g/mol. The van der Waals surface area contributed by atoms with Crippen LogP contribution < -0.4 is 5.32 Å². The second-order valence-corrected chi connectivity index (χ2v) is 10.1. The zero-order chi connectivity index (χ0) is 26.4. The zero-order valence-electron chi connectivity index (χ0n) is 21.0. The number of hydrogen-bond acceptors (Lipinski definition) is 5. The van der Waals surface area contributed by atoms with E-state index in [1.54, 1.807) is 43.0 Å². The largest absolute Gasteiger partial charge is 0.353 e.